The predicted octanol–water partition coefficient (Wildman–Crippen LogP) is 3.07. The lowest BCUT2D eigenvalue weighted by Crippen LogP contribution is -2.02. The van der Waals surface area contributed by atoms with E-state index in [-0.39, 0.29) is 0 Å². The lowest BCUT2D eigenvalue weighted by atomic mass is 9.90. The first-order valence-corrected chi connectivity index (χ1v) is 4.56. The molecule has 0 heteroatoms. The smallest absolute Gasteiger partial charge is 0.0275 e. The quantitative estimate of drug-likeness (QED) is 0.565. The van der Waals surface area contributed by atoms with Crippen LogP contribution in [-0.4, -0.2) is 0 Å². The fraction of sp³-hybridized carbons (Fsp3) is 0.231. The summed E-state index contributed by atoms with van der Waals surface area (Å²) in [7, 11) is 0. The standard InChI is InChI=1S/C13H12/c1-3-10(2)12-9-8-11-6-4-5-7-13(11)12/h1,4-10,12H,2H3. The van der Waals surface area contributed by atoms with Gasteiger partial charge in [-0.15, -0.1) is 12.3 Å². The first-order valence-electron chi connectivity index (χ1n) is 4.56. The molecule has 0 saturated heterocycles. The first-order chi connectivity index (χ1) is 6.33. The number of allylic oxidation sites excluding steroid dienone is 1. The number of rotatable bonds is 1. The maximum atomic E-state index is 5.43. The Labute approximate surface area is 79.3 Å². The van der Waals surface area contributed by atoms with Crippen molar-refractivity contribution >= 4 is 6.08 Å². The van der Waals surface area contributed by atoms with E-state index in [0.717, 1.165) is 0 Å². The summed E-state index contributed by atoms with van der Waals surface area (Å²) in [5.74, 6) is 3.51. The van der Waals surface area contributed by atoms with Crippen molar-refractivity contribution in [3.8, 4) is 12.3 Å². The molecule has 13 heavy (non-hydrogen) atoms. The minimum absolute atomic E-state index is 0.292. The zero-order valence-corrected chi connectivity index (χ0v) is 7.70. The Kier molecular flexibility index (Phi) is 1.94. The van der Waals surface area contributed by atoms with Gasteiger partial charge in [-0.3, -0.25) is 0 Å². The largest absolute Gasteiger partial charge is 0.120 e. The second kappa shape index (κ2) is 3.11. The average Bonchev–Trinajstić information content (AvgIpc) is 2.60. The first kappa shape index (κ1) is 8.13. The third-order valence-electron chi connectivity index (χ3n) is 2.64. The van der Waals surface area contributed by atoms with Gasteiger partial charge in [0.15, 0.2) is 0 Å². The molecule has 0 spiro atoms. The number of terminal acetylenes is 1. The monoisotopic (exact) mass is 168 g/mol. The van der Waals surface area contributed by atoms with E-state index in [1.165, 1.54) is 11.1 Å². The molecule has 0 aliphatic heterocycles. The van der Waals surface area contributed by atoms with Crippen molar-refractivity contribution in [3.05, 3.63) is 41.5 Å². The van der Waals surface area contributed by atoms with Crippen LogP contribution in [0.5, 0.6) is 0 Å². The van der Waals surface area contributed by atoms with Crippen LogP contribution in [0.3, 0.4) is 0 Å². The van der Waals surface area contributed by atoms with Crippen LogP contribution < -0.4 is 0 Å². The lowest BCUT2D eigenvalue weighted by Gasteiger charge is -2.13. The average molecular weight is 168 g/mol. The van der Waals surface area contributed by atoms with E-state index in [9.17, 15) is 0 Å². The molecule has 0 heterocycles. The SMILES string of the molecule is C#CC(C)C1C=Cc2ccccc21. The van der Waals surface area contributed by atoms with Gasteiger partial charge in [-0.2, -0.15) is 0 Å². The molecule has 0 N–H and O–H groups in total. The Morgan fingerprint density at radius 1 is 1.38 bits per heavy atom. The summed E-state index contributed by atoms with van der Waals surface area (Å²) in [4.78, 5) is 0. The molecule has 0 amide bonds. The van der Waals surface area contributed by atoms with Crippen LogP contribution in [0.2, 0.25) is 0 Å². The Morgan fingerprint density at radius 2 is 2.15 bits per heavy atom. The van der Waals surface area contributed by atoms with Crippen molar-refractivity contribution in [1.29, 1.82) is 0 Å². The fourth-order valence-corrected chi connectivity index (χ4v) is 1.82. The molecule has 2 unspecified atom stereocenters. The van der Waals surface area contributed by atoms with Crippen molar-refractivity contribution in [1.82, 2.24) is 0 Å². The molecule has 0 saturated carbocycles. The van der Waals surface area contributed by atoms with Crippen LogP contribution in [0.25, 0.3) is 6.08 Å². The minimum Gasteiger partial charge on any atom is -0.120 e. The molecular weight excluding hydrogens is 156 g/mol. The fourth-order valence-electron chi connectivity index (χ4n) is 1.82. The molecule has 0 bridgehead atoms. The van der Waals surface area contributed by atoms with Gasteiger partial charge in [-0.05, 0) is 11.1 Å². The second-order valence-corrected chi connectivity index (χ2v) is 3.47. The van der Waals surface area contributed by atoms with Gasteiger partial charge >= 0.3 is 0 Å². The summed E-state index contributed by atoms with van der Waals surface area (Å²) in [6.45, 7) is 2.09. The highest BCUT2D eigenvalue weighted by atomic mass is 14.2. The molecular formula is C13H12. The minimum atomic E-state index is 0.292. The summed E-state index contributed by atoms with van der Waals surface area (Å²) in [5.41, 5.74) is 2.68. The number of hydrogen-bond acceptors (Lipinski definition) is 0. The molecule has 1 aromatic rings. The Bertz CT molecular complexity index is 379. The topological polar surface area (TPSA) is 0 Å². The van der Waals surface area contributed by atoms with Crippen LogP contribution in [-0.2, 0) is 0 Å². The number of benzene rings is 1. The molecule has 0 fully saturated rings. The van der Waals surface area contributed by atoms with Gasteiger partial charge in [0.25, 0.3) is 0 Å². The summed E-state index contributed by atoms with van der Waals surface area (Å²) in [6.07, 6.45) is 9.79. The highest BCUT2D eigenvalue weighted by Gasteiger charge is 2.20. The summed E-state index contributed by atoms with van der Waals surface area (Å²) in [5, 5.41) is 0. The van der Waals surface area contributed by atoms with E-state index in [4.69, 9.17) is 6.42 Å². The summed E-state index contributed by atoms with van der Waals surface area (Å²) >= 11 is 0. The Hall–Kier alpha value is -1.48. The molecule has 1 aliphatic rings. The van der Waals surface area contributed by atoms with Gasteiger partial charge < -0.3 is 0 Å². The van der Waals surface area contributed by atoms with Crippen LogP contribution in [0.4, 0.5) is 0 Å². The van der Waals surface area contributed by atoms with E-state index in [1.807, 2.05) is 0 Å². The molecule has 0 nitrogen and oxygen atoms in total. The molecule has 64 valence electrons. The van der Waals surface area contributed by atoms with Crippen LogP contribution in [0.15, 0.2) is 30.3 Å². The van der Waals surface area contributed by atoms with Gasteiger partial charge in [0.2, 0.25) is 0 Å². The van der Waals surface area contributed by atoms with Gasteiger partial charge in [0.1, 0.15) is 0 Å². The maximum absolute atomic E-state index is 5.43. The van der Waals surface area contributed by atoms with Crippen molar-refractivity contribution in [2.45, 2.75) is 12.8 Å². The molecule has 1 aromatic carbocycles. The van der Waals surface area contributed by atoms with E-state index >= 15 is 0 Å². The van der Waals surface area contributed by atoms with Gasteiger partial charge in [0, 0.05) is 11.8 Å². The van der Waals surface area contributed by atoms with Gasteiger partial charge in [-0.25, -0.2) is 0 Å². The molecule has 0 radical (unpaired) electrons. The summed E-state index contributed by atoms with van der Waals surface area (Å²) in [6, 6.07) is 8.43. The van der Waals surface area contributed by atoms with Crippen LogP contribution in [0.1, 0.15) is 24.0 Å². The molecule has 0 aromatic heterocycles. The zero-order valence-electron chi connectivity index (χ0n) is 7.70. The number of hydrogen-bond donors (Lipinski definition) is 0. The van der Waals surface area contributed by atoms with Crippen molar-refractivity contribution in [2.75, 3.05) is 0 Å². The third-order valence-corrected chi connectivity index (χ3v) is 2.64. The van der Waals surface area contributed by atoms with Crippen molar-refractivity contribution in [3.63, 3.8) is 0 Å². The number of fused-ring (bicyclic) bond motifs is 1. The Balaban J connectivity index is 2.40. The normalized spacial score (nSPS) is 20.8. The van der Waals surface area contributed by atoms with E-state index in [2.05, 4.69) is 49.3 Å². The summed E-state index contributed by atoms with van der Waals surface area (Å²) < 4.78 is 0. The maximum Gasteiger partial charge on any atom is 0.0275 e. The molecule has 2 rings (SSSR count). The highest BCUT2D eigenvalue weighted by Crippen LogP contribution is 2.34. The zero-order chi connectivity index (χ0) is 9.26. The van der Waals surface area contributed by atoms with Crippen molar-refractivity contribution < 1.29 is 0 Å². The van der Waals surface area contributed by atoms with E-state index in [1.54, 1.807) is 0 Å². The molecule has 2 atom stereocenters. The van der Waals surface area contributed by atoms with E-state index in [0.29, 0.717) is 11.8 Å². The van der Waals surface area contributed by atoms with E-state index < -0.39 is 0 Å². The molecule has 1 aliphatic carbocycles. The Morgan fingerprint density at radius 3 is 2.92 bits per heavy atom. The third kappa shape index (κ3) is 1.27. The lowest BCUT2D eigenvalue weighted by molar-refractivity contribution is 0.673. The van der Waals surface area contributed by atoms with Crippen molar-refractivity contribution in [2.24, 2.45) is 5.92 Å². The predicted molar refractivity (Wildman–Crippen MR) is 56.2 cm³/mol. The second-order valence-electron chi connectivity index (χ2n) is 3.47. The van der Waals surface area contributed by atoms with Gasteiger partial charge in [0.05, 0.1) is 0 Å². The van der Waals surface area contributed by atoms with Crippen LogP contribution >= 0.6 is 0 Å². The van der Waals surface area contributed by atoms with Crippen LogP contribution in [0, 0.1) is 18.3 Å². The highest BCUT2D eigenvalue weighted by molar-refractivity contribution is 5.62. The van der Waals surface area contributed by atoms with Gasteiger partial charge in [-0.1, -0.05) is 43.3 Å².